The molecule has 0 spiro atoms. The molecule has 3 nitrogen and oxygen atoms in total. The van der Waals surface area contributed by atoms with Crippen molar-refractivity contribution in [2.45, 2.75) is 26.2 Å². The van der Waals surface area contributed by atoms with Gasteiger partial charge in [-0.05, 0) is 17.7 Å². The highest BCUT2D eigenvalue weighted by Gasteiger charge is 2.17. The van der Waals surface area contributed by atoms with Crippen molar-refractivity contribution in [1.82, 2.24) is 4.98 Å². The molecule has 0 saturated carbocycles. The van der Waals surface area contributed by atoms with Gasteiger partial charge in [0.15, 0.2) is 5.82 Å². The summed E-state index contributed by atoms with van der Waals surface area (Å²) in [6, 6.07) is 11.1. The summed E-state index contributed by atoms with van der Waals surface area (Å²) in [5.74, 6) is -1.31. The Hall–Kier alpha value is -2.60. The van der Waals surface area contributed by atoms with Gasteiger partial charge in [0, 0.05) is 22.4 Å². The number of rotatable bonds is 4. The highest BCUT2D eigenvalue weighted by Crippen LogP contribution is 2.29. The molecule has 1 heterocycles. The van der Waals surface area contributed by atoms with Crippen molar-refractivity contribution in [2.75, 3.05) is 5.43 Å². The maximum Gasteiger partial charge on any atom is 0.151 e. The molecule has 1 aromatic heterocycles. The Morgan fingerprint density at radius 3 is 2.42 bits per heavy atom. The van der Waals surface area contributed by atoms with E-state index in [4.69, 9.17) is 4.98 Å². The Balaban J connectivity index is 1.68. The number of hydrazone groups is 1. The Morgan fingerprint density at radius 2 is 1.81 bits per heavy atom. The van der Waals surface area contributed by atoms with Gasteiger partial charge in [0.05, 0.1) is 17.6 Å². The number of nitrogens with one attached hydrogen (secondary N) is 1. The molecular formula is C20H19F2N3S. The maximum absolute atomic E-state index is 13.5. The van der Waals surface area contributed by atoms with Crippen LogP contribution in [0.25, 0.3) is 10.6 Å². The molecule has 0 fully saturated rings. The monoisotopic (exact) mass is 371 g/mol. The second-order valence-electron chi connectivity index (χ2n) is 6.90. The predicted molar refractivity (Wildman–Crippen MR) is 104 cm³/mol. The quantitative estimate of drug-likeness (QED) is 0.463. The number of anilines is 1. The van der Waals surface area contributed by atoms with Gasteiger partial charge in [-0.15, -0.1) is 11.3 Å². The highest BCUT2D eigenvalue weighted by molar-refractivity contribution is 7.13. The van der Waals surface area contributed by atoms with E-state index in [-0.39, 0.29) is 11.1 Å². The van der Waals surface area contributed by atoms with Crippen LogP contribution in [0.2, 0.25) is 0 Å². The summed E-state index contributed by atoms with van der Waals surface area (Å²) in [5.41, 5.74) is 5.70. The largest absolute Gasteiger partial charge is 0.276 e. The van der Waals surface area contributed by atoms with Gasteiger partial charge in [0.25, 0.3) is 0 Å². The minimum Gasteiger partial charge on any atom is -0.276 e. The molecule has 0 unspecified atom stereocenters. The zero-order chi connectivity index (χ0) is 18.7. The molecule has 0 saturated heterocycles. The molecule has 0 aliphatic carbocycles. The van der Waals surface area contributed by atoms with Crippen LogP contribution in [0.1, 0.15) is 32.0 Å². The highest BCUT2D eigenvalue weighted by atomic mass is 32.1. The zero-order valence-corrected chi connectivity index (χ0v) is 15.6. The molecule has 1 N–H and O–H groups in total. The van der Waals surface area contributed by atoms with Crippen molar-refractivity contribution < 1.29 is 8.78 Å². The number of hydrogen-bond acceptors (Lipinski definition) is 4. The molecule has 0 atom stereocenters. The number of halogens is 2. The summed E-state index contributed by atoms with van der Waals surface area (Å²) in [5, 5.41) is 7.06. The van der Waals surface area contributed by atoms with Crippen LogP contribution in [0.3, 0.4) is 0 Å². The summed E-state index contributed by atoms with van der Waals surface area (Å²) >= 11 is 1.62. The molecule has 3 rings (SSSR count). The lowest BCUT2D eigenvalue weighted by Crippen LogP contribution is -2.11. The number of nitrogens with zero attached hydrogens (tertiary/aromatic N) is 2. The third kappa shape index (κ3) is 4.32. The first kappa shape index (κ1) is 18.2. The summed E-state index contributed by atoms with van der Waals surface area (Å²) in [6.45, 7) is 6.42. The van der Waals surface area contributed by atoms with E-state index in [1.807, 2.05) is 24.3 Å². The number of aromatic nitrogens is 1. The van der Waals surface area contributed by atoms with Crippen molar-refractivity contribution in [1.29, 1.82) is 0 Å². The average molecular weight is 371 g/mol. The zero-order valence-electron chi connectivity index (χ0n) is 14.8. The first-order valence-electron chi connectivity index (χ1n) is 8.13. The minimum absolute atomic E-state index is 0.0304. The van der Waals surface area contributed by atoms with Crippen molar-refractivity contribution in [3.05, 3.63) is 70.7 Å². The van der Waals surface area contributed by atoms with Gasteiger partial charge in [0.2, 0.25) is 0 Å². The van der Waals surface area contributed by atoms with Crippen LogP contribution in [0.5, 0.6) is 0 Å². The summed E-state index contributed by atoms with van der Waals surface area (Å²) in [6.07, 6.45) is 1.58. The fourth-order valence-electron chi connectivity index (χ4n) is 2.22. The summed E-state index contributed by atoms with van der Waals surface area (Å²) in [4.78, 5) is 4.70. The number of thiazole rings is 1. The van der Waals surface area contributed by atoms with E-state index in [1.165, 1.54) is 12.1 Å². The van der Waals surface area contributed by atoms with E-state index in [0.29, 0.717) is 0 Å². The van der Waals surface area contributed by atoms with Crippen LogP contribution in [-0.2, 0) is 5.41 Å². The molecular weight excluding hydrogens is 352 g/mol. The summed E-state index contributed by atoms with van der Waals surface area (Å²) in [7, 11) is 0. The van der Waals surface area contributed by atoms with Crippen molar-refractivity contribution in [3.8, 4) is 10.6 Å². The van der Waals surface area contributed by atoms with Crippen molar-refractivity contribution >= 4 is 23.2 Å². The maximum atomic E-state index is 13.5. The van der Waals surface area contributed by atoms with Gasteiger partial charge < -0.3 is 0 Å². The number of hydrogen-bond donors (Lipinski definition) is 1. The average Bonchev–Trinajstić information content (AvgIpc) is 3.08. The molecule has 0 aliphatic heterocycles. The fraction of sp³-hybridized carbons (Fsp3) is 0.200. The van der Waals surface area contributed by atoms with Crippen LogP contribution < -0.4 is 5.43 Å². The third-order valence-electron chi connectivity index (χ3n) is 3.76. The van der Waals surface area contributed by atoms with Gasteiger partial charge in [0.1, 0.15) is 10.8 Å². The Labute approximate surface area is 155 Å². The second kappa shape index (κ2) is 7.33. The number of benzene rings is 2. The molecule has 0 aliphatic rings. The molecule has 0 amide bonds. The molecule has 2 aromatic carbocycles. The Bertz CT molecular complexity index is 925. The summed E-state index contributed by atoms with van der Waals surface area (Å²) < 4.78 is 26.4. The lowest BCUT2D eigenvalue weighted by Gasteiger charge is -2.14. The topological polar surface area (TPSA) is 37.3 Å². The van der Waals surface area contributed by atoms with Gasteiger partial charge >= 0.3 is 0 Å². The lowest BCUT2D eigenvalue weighted by molar-refractivity contribution is 0.573. The van der Waals surface area contributed by atoms with Crippen molar-refractivity contribution in [3.63, 3.8) is 0 Å². The van der Waals surface area contributed by atoms with Crippen LogP contribution in [0.15, 0.2) is 52.9 Å². The lowest BCUT2D eigenvalue weighted by atomic mass is 9.93. The van der Waals surface area contributed by atoms with E-state index >= 15 is 0 Å². The molecule has 6 heteroatoms. The normalized spacial score (nSPS) is 11.9. The van der Waals surface area contributed by atoms with Crippen molar-refractivity contribution in [2.24, 2.45) is 5.10 Å². The fourth-order valence-corrected chi connectivity index (χ4v) is 3.27. The molecule has 0 bridgehead atoms. The molecule has 0 radical (unpaired) electrons. The Kier molecular flexibility index (Phi) is 5.13. The van der Waals surface area contributed by atoms with E-state index in [1.54, 1.807) is 17.6 Å². The van der Waals surface area contributed by atoms with Crippen LogP contribution >= 0.6 is 11.3 Å². The van der Waals surface area contributed by atoms with E-state index < -0.39 is 11.6 Å². The minimum atomic E-state index is -0.684. The predicted octanol–water partition coefficient (Wildman–Crippen LogP) is 5.83. The van der Waals surface area contributed by atoms with Crippen LogP contribution in [-0.4, -0.2) is 11.2 Å². The van der Waals surface area contributed by atoms with Crippen LogP contribution in [0, 0.1) is 11.6 Å². The first-order chi connectivity index (χ1) is 12.3. The van der Waals surface area contributed by atoms with Gasteiger partial charge in [-0.1, -0.05) is 45.0 Å². The van der Waals surface area contributed by atoms with Gasteiger partial charge in [-0.25, -0.2) is 13.8 Å². The SMILES string of the molecule is CC(C)(C)c1csc(-c2ccc(/C=N/Nc3ccc(F)cc3F)cc2)n1. The van der Waals surface area contributed by atoms with Gasteiger partial charge in [-0.2, -0.15) is 5.10 Å². The standard InChI is InChI=1S/C20H19F2N3S/c1-20(2,3)18-12-26-19(24-18)14-6-4-13(5-7-14)11-23-25-17-9-8-15(21)10-16(17)22/h4-12,25H,1-3H3/b23-11+. The Morgan fingerprint density at radius 1 is 1.08 bits per heavy atom. The van der Waals surface area contributed by atoms with E-state index in [2.05, 4.69) is 36.7 Å². The molecule has 26 heavy (non-hydrogen) atoms. The smallest absolute Gasteiger partial charge is 0.151 e. The second-order valence-corrected chi connectivity index (χ2v) is 7.76. The molecule has 134 valence electrons. The van der Waals surface area contributed by atoms with E-state index in [0.717, 1.165) is 27.9 Å². The first-order valence-corrected chi connectivity index (χ1v) is 9.01. The third-order valence-corrected chi connectivity index (χ3v) is 4.65. The van der Waals surface area contributed by atoms with Crippen LogP contribution in [0.4, 0.5) is 14.5 Å². The van der Waals surface area contributed by atoms with E-state index in [9.17, 15) is 8.78 Å². The molecule has 3 aromatic rings. The van der Waals surface area contributed by atoms with Gasteiger partial charge in [-0.3, -0.25) is 5.43 Å².